The smallest absolute Gasteiger partial charge is 0.193 e. The summed E-state index contributed by atoms with van der Waals surface area (Å²) in [6.07, 6.45) is 0. The first-order chi connectivity index (χ1) is 6.68. The lowest BCUT2D eigenvalue weighted by Crippen LogP contribution is -2.13. The zero-order chi connectivity index (χ0) is 10.1. The number of para-hydroxylation sites is 1. The van der Waals surface area contributed by atoms with Gasteiger partial charge in [-0.3, -0.25) is 4.79 Å². The van der Waals surface area contributed by atoms with Crippen molar-refractivity contribution in [1.29, 1.82) is 0 Å². The van der Waals surface area contributed by atoms with Crippen molar-refractivity contribution in [1.82, 2.24) is 0 Å². The normalized spacial score (nSPS) is 10.3. The molecule has 2 rings (SSSR count). The molecule has 0 saturated heterocycles. The molecular weight excluding hydrogens is 198 g/mol. The first-order valence-corrected chi connectivity index (χ1v) is 4.42. The molecule has 1 aromatic carbocycles. The lowest BCUT2D eigenvalue weighted by Gasteiger charge is -1.99. The summed E-state index contributed by atoms with van der Waals surface area (Å²) in [6.45, 7) is 0. The highest BCUT2D eigenvalue weighted by molar-refractivity contribution is 7.80. The Bertz CT molecular complexity index is 559. The van der Waals surface area contributed by atoms with Crippen LogP contribution >= 0.6 is 12.2 Å². The van der Waals surface area contributed by atoms with Crippen molar-refractivity contribution in [3.8, 4) is 0 Å². The van der Waals surface area contributed by atoms with E-state index < -0.39 is 0 Å². The molecule has 0 aliphatic carbocycles. The van der Waals surface area contributed by atoms with Gasteiger partial charge < -0.3 is 10.2 Å². The average molecular weight is 205 g/mol. The molecule has 1 aromatic heterocycles. The van der Waals surface area contributed by atoms with E-state index in [1.54, 1.807) is 24.3 Å². The van der Waals surface area contributed by atoms with Gasteiger partial charge in [0.25, 0.3) is 0 Å². The molecule has 2 aromatic rings. The summed E-state index contributed by atoms with van der Waals surface area (Å²) in [4.78, 5) is 11.6. The minimum atomic E-state index is -0.130. The molecular formula is C10H7NO2S. The molecule has 0 saturated carbocycles. The Morgan fingerprint density at radius 3 is 2.79 bits per heavy atom. The van der Waals surface area contributed by atoms with E-state index in [0.717, 1.165) is 0 Å². The maximum Gasteiger partial charge on any atom is 0.193 e. The van der Waals surface area contributed by atoms with Crippen LogP contribution in [0.4, 0.5) is 0 Å². The number of fused-ring (bicyclic) bond motifs is 1. The largest absolute Gasteiger partial charge is 0.453 e. The lowest BCUT2D eigenvalue weighted by atomic mass is 10.2. The van der Waals surface area contributed by atoms with Crippen LogP contribution in [-0.2, 0) is 0 Å². The van der Waals surface area contributed by atoms with Crippen LogP contribution < -0.4 is 11.2 Å². The van der Waals surface area contributed by atoms with E-state index in [1.165, 1.54) is 6.07 Å². The summed E-state index contributed by atoms with van der Waals surface area (Å²) in [7, 11) is 0. The molecule has 4 heteroatoms. The second-order valence-corrected chi connectivity index (χ2v) is 3.28. The standard InChI is InChI=1S/C10H7NO2S/c11-10(14)9-5-7(12)6-3-1-2-4-8(6)13-9/h1-5H,(H2,11,14). The van der Waals surface area contributed by atoms with E-state index in [0.29, 0.717) is 11.0 Å². The molecule has 0 bridgehead atoms. The van der Waals surface area contributed by atoms with Gasteiger partial charge in [0.15, 0.2) is 11.2 Å². The van der Waals surface area contributed by atoms with E-state index in [9.17, 15) is 4.79 Å². The fourth-order valence-corrected chi connectivity index (χ4v) is 1.33. The monoisotopic (exact) mass is 205 g/mol. The van der Waals surface area contributed by atoms with Crippen LogP contribution in [0.1, 0.15) is 5.76 Å². The number of benzene rings is 1. The van der Waals surface area contributed by atoms with Gasteiger partial charge >= 0.3 is 0 Å². The van der Waals surface area contributed by atoms with Crippen molar-refractivity contribution < 1.29 is 4.42 Å². The highest BCUT2D eigenvalue weighted by Gasteiger charge is 2.05. The molecule has 0 unspecified atom stereocenters. The third-order valence-electron chi connectivity index (χ3n) is 1.88. The van der Waals surface area contributed by atoms with Gasteiger partial charge in [0.2, 0.25) is 0 Å². The van der Waals surface area contributed by atoms with Crippen LogP contribution in [-0.4, -0.2) is 4.99 Å². The van der Waals surface area contributed by atoms with E-state index >= 15 is 0 Å². The molecule has 70 valence electrons. The molecule has 14 heavy (non-hydrogen) atoms. The van der Waals surface area contributed by atoms with Crippen molar-refractivity contribution in [3.63, 3.8) is 0 Å². The zero-order valence-corrected chi connectivity index (χ0v) is 8.01. The Morgan fingerprint density at radius 1 is 1.36 bits per heavy atom. The maximum absolute atomic E-state index is 11.5. The van der Waals surface area contributed by atoms with E-state index in [4.69, 9.17) is 22.4 Å². The second kappa shape index (κ2) is 3.23. The van der Waals surface area contributed by atoms with Crippen LogP contribution in [0.25, 0.3) is 11.0 Å². The molecule has 1 heterocycles. The van der Waals surface area contributed by atoms with Crippen molar-refractivity contribution in [3.05, 3.63) is 46.3 Å². The lowest BCUT2D eigenvalue weighted by molar-refractivity contribution is 0.592. The van der Waals surface area contributed by atoms with Crippen molar-refractivity contribution in [2.24, 2.45) is 5.73 Å². The minimum Gasteiger partial charge on any atom is -0.453 e. The summed E-state index contributed by atoms with van der Waals surface area (Å²) >= 11 is 4.73. The Morgan fingerprint density at radius 2 is 2.07 bits per heavy atom. The van der Waals surface area contributed by atoms with E-state index in [2.05, 4.69) is 0 Å². The summed E-state index contributed by atoms with van der Waals surface area (Å²) < 4.78 is 5.34. The zero-order valence-electron chi connectivity index (χ0n) is 7.19. The molecule has 0 amide bonds. The van der Waals surface area contributed by atoms with Gasteiger partial charge in [-0.25, -0.2) is 0 Å². The van der Waals surface area contributed by atoms with Gasteiger partial charge in [-0.1, -0.05) is 24.4 Å². The molecule has 0 aliphatic heterocycles. The minimum absolute atomic E-state index is 0.0906. The summed E-state index contributed by atoms with van der Waals surface area (Å²) in [5, 5.41) is 0.535. The van der Waals surface area contributed by atoms with E-state index in [-0.39, 0.29) is 16.2 Å². The predicted octanol–water partition coefficient (Wildman–Crippen LogP) is 1.43. The number of nitrogens with two attached hydrogens (primary N) is 1. The number of thiocarbonyl (C=S) groups is 1. The van der Waals surface area contributed by atoms with Gasteiger partial charge in [0, 0.05) is 6.07 Å². The van der Waals surface area contributed by atoms with Crippen LogP contribution in [0.3, 0.4) is 0 Å². The van der Waals surface area contributed by atoms with Crippen LogP contribution in [0.2, 0.25) is 0 Å². The van der Waals surface area contributed by atoms with Gasteiger partial charge in [-0.05, 0) is 12.1 Å². The highest BCUT2D eigenvalue weighted by Crippen LogP contribution is 2.11. The van der Waals surface area contributed by atoms with Crippen molar-refractivity contribution >= 4 is 28.2 Å². The second-order valence-electron chi connectivity index (χ2n) is 2.84. The molecule has 2 N–H and O–H groups in total. The van der Waals surface area contributed by atoms with Crippen LogP contribution in [0.5, 0.6) is 0 Å². The van der Waals surface area contributed by atoms with Gasteiger partial charge in [-0.15, -0.1) is 0 Å². The average Bonchev–Trinajstić information content (AvgIpc) is 2.17. The maximum atomic E-state index is 11.5. The van der Waals surface area contributed by atoms with Gasteiger partial charge in [-0.2, -0.15) is 0 Å². The molecule has 3 nitrogen and oxygen atoms in total. The Balaban J connectivity index is 2.86. The van der Waals surface area contributed by atoms with Crippen LogP contribution in [0, 0.1) is 0 Å². The molecule has 0 atom stereocenters. The predicted molar refractivity (Wildman–Crippen MR) is 58.4 cm³/mol. The number of hydrogen-bond donors (Lipinski definition) is 1. The topological polar surface area (TPSA) is 56.2 Å². The fourth-order valence-electron chi connectivity index (χ4n) is 1.23. The Labute approximate surface area is 85.1 Å². The van der Waals surface area contributed by atoms with Crippen LogP contribution in [0.15, 0.2) is 39.5 Å². The first-order valence-electron chi connectivity index (χ1n) is 4.01. The fraction of sp³-hybridized carbons (Fsp3) is 0. The molecule has 0 spiro atoms. The first kappa shape index (κ1) is 8.90. The summed E-state index contributed by atoms with van der Waals surface area (Å²) in [5.74, 6) is 0.253. The highest BCUT2D eigenvalue weighted by atomic mass is 32.1. The summed E-state index contributed by atoms with van der Waals surface area (Å²) in [6, 6.07) is 8.28. The molecule has 0 fully saturated rings. The molecule has 0 radical (unpaired) electrons. The number of rotatable bonds is 1. The van der Waals surface area contributed by atoms with E-state index in [1.807, 2.05) is 0 Å². The third-order valence-corrected chi connectivity index (χ3v) is 2.08. The Kier molecular flexibility index (Phi) is 2.05. The third kappa shape index (κ3) is 1.40. The quantitative estimate of drug-likeness (QED) is 0.715. The summed E-state index contributed by atoms with van der Waals surface area (Å²) in [5.41, 5.74) is 5.75. The van der Waals surface area contributed by atoms with Crippen molar-refractivity contribution in [2.75, 3.05) is 0 Å². The van der Waals surface area contributed by atoms with Gasteiger partial charge in [0.1, 0.15) is 10.6 Å². The molecule has 0 aliphatic rings. The van der Waals surface area contributed by atoms with Gasteiger partial charge in [0.05, 0.1) is 5.39 Å². The number of hydrogen-bond acceptors (Lipinski definition) is 3. The Hall–Kier alpha value is -1.68. The SMILES string of the molecule is NC(=S)c1cc(=O)c2ccccc2o1. The van der Waals surface area contributed by atoms with Crippen molar-refractivity contribution in [2.45, 2.75) is 0 Å².